The molecule has 1 saturated carbocycles. The number of carbonyl (C=O) groups is 1. The molecule has 0 bridgehead atoms. The summed E-state index contributed by atoms with van der Waals surface area (Å²) in [5, 5.41) is 6.93. The highest BCUT2D eigenvalue weighted by atomic mass is 35.5. The third kappa shape index (κ3) is 7.63. The van der Waals surface area contributed by atoms with E-state index >= 15 is 0 Å². The molecule has 5 heteroatoms. The first kappa shape index (κ1) is 24.8. The van der Waals surface area contributed by atoms with Crippen LogP contribution in [-0.2, 0) is 0 Å². The maximum absolute atomic E-state index is 12.6. The standard InChI is InChI=1S/C21H30ClN2O2.2CH2/c22-20-11-10-18(26-15-17-9-6-12-23-17)13-19(20)21(25)24-14-16-7-4-2-1-3-5-8-16;;/h10-11,13,17,23H,1-9,12,14-15H2,(H,24,25);2*1H2. The van der Waals surface area contributed by atoms with Crippen molar-refractivity contribution in [1.29, 1.82) is 0 Å². The largest absolute Gasteiger partial charge is 0.492 e. The summed E-state index contributed by atoms with van der Waals surface area (Å²) in [6.45, 7) is 2.34. The van der Waals surface area contributed by atoms with Gasteiger partial charge in [-0.15, -0.1) is 0 Å². The number of rotatable bonds is 6. The van der Waals surface area contributed by atoms with Gasteiger partial charge in [-0.3, -0.25) is 4.79 Å². The van der Waals surface area contributed by atoms with Gasteiger partial charge in [0.1, 0.15) is 12.4 Å². The van der Waals surface area contributed by atoms with Crippen LogP contribution < -0.4 is 15.4 Å². The molecule has 28 heavy (non-hydrogen) atoms. The summed E-state index contributed by atoms with van der Waals surface area (Å²) < 4.78 is 5.85. The monoisotopic (exact) mass is 405 g/mol. The Bertz CT molecular complexity index is 580. The average Bonchev–Trinajstić information content (AvgIpc) is 3.13. The maximum atomic E-state index is 12.6. The highest BCUT2D eigenvalue weighted by molar-refractivity contribution is 6.33. The van der Waals surface area contributed by atoms with Crippen molar-refractivity contribution in [3.8, 4) is 5.75 Å². The number of nitrogens with one attached hydrogen (secondary N) is 2. The minimum atomic E-state index is -0.117. The van der Waals surface area contributed by atoms with Crippen molar-refractivity contribution in [2.24, 2.45) is 0 Å². The van der Waals surface area contributed by atoms with Crippen LogP contribution in [0.4, 0.5) is 0 Å². The van der Waals surface area contributed by atoms with Gasteiger partial charge in [-0.2, -0.15) is 0 Å². The van der Waals surface area contributed by atoms with Gasteiger partial charge in [0.15, 0.2) is 0 Å². The fraction of sp³-hybridized carbons (Fsp3) is 0.565. The molecule has 1 atom stereocenters. The van der Waals surface area contributed by atoms with Gasteiger partial charge < -0.3 is 15.4 Å². The third-order valence-corrected chi connectivity index (χ3v) is 5.69. The summed E-state index contributed by atoms with van der Waals surface area (Å²) in [5.41, 5.74) is 0.495. The number of amides is 1. The molecule has 1 aromatic rings. The molecule has 5 radical (unpaired) electrons. The van der Waals surface area contributed by atoms with Crippen LogP contribution in [0.5, 0.6) is 5.75 Å². The first-order valence-corrected chi connectivity index (χ1v) is 10.4. The van der Waals surface area contributed by atoms with Crippen LogP contribution >= 0.6 is 11.6 Å². The van der Waals surface area contributed by atoms with Crippen LogP contribution in [0.1, 0.15) is 68.1 Å². The Hall–Kier alpha value is -1.26. The van der Waals surface area contributed by atoms with Gasteiger partial charge in [-0.25, -0.2) is 0 Å². The molecule has 1 unspecified atom stereocenters. The van der Waals surface area contributed by atoms with Crippen molar-refractivity contribution in [3.63, 3.8) is 0 Å². The van der Waals surface area contributed by atoms with E-state index in [0.717, 1.165) is 25.8 Å². The Morgan fingerprint density at radius 1 is 1.11 bits per heavy atom. The molecule has 0 aromatic heterocycles. The summed E-state index contributed by atoms with van der Waals surface area (Å²) in [6.07, 6.45) is 11.0. The molecule has 1 aliphatic heterocycles. The van der Waals surface area contributed by atoms with Crippen LogP contribution in [-0.4, -0.2) is 31.6 Å². The zero-order chi connectivity index (χ0) is 18.2. The van der Waals surface area contributed by atoms with Gasteiger partial charge in [0.25, 0.3) is 5.91 Å². The van der Waals surface area contributed by atoms with Gasteiger partial charge in [-0.05, 0) is 56.3 Å². The van der Waals surface area contributed by atoms with E-state index in [1.165, 1.54) is 44.4 Å². The molecule has 0 spiro atoms. The fourth-order valence-corrected chi connectivity index (χ4v) is 3.95. The third-order valence-electron chi connectivity index (χ3n) is 5.36. The van der Waals surface area contributed by atoms with Crippen molar-refractivity contribution >= 4 is 17.5 Å². The summed E-state index contributed by atoms with van der Waals surface area (Å²) in [7, 11) is 0. The molecule has 1 aliphatic carbocycles. The Morgan fingerprint density at radius 3 is 2.50 bits per heavy atom. The van der Waals surface area contributed by atoms with Crippen LogP contribution in [0.2, 0.25) is 5.02 Å². The van der Waals surface area contributed by atoms with E-state index in [1.807, 2.05) is 6.07 Å². The quantitative estimate of drug-likeness (QED) is 0.686. The van der Waals surface area contributed by atoms with E-state index in [4.69, 9.17) is 16.3 Å². The van der Waals surface area contributed by atoms with Crippen LogP contribution in [0, 0.1) is 20.8 Å². The zero-order valence-electron chi connectivity index (χ0n) is 16.9. The van der Waals surface area contributed by atoms with E-state index in [0.29, 0.717) is 35.5 Å². The van der Waals surface area contributed by atoms with E-state index in [9.17, 15) is 4.79 Å². The van der Waals surface area contributed by atoms with Crippen LogP contribution in [0.3, 0.4) is 0 Å². The number of hydrogen-bond acceptors (Lipinski definition) is 3. The molecule has 2 N–H and O–H groups in total. The molecule has 2 aliphatic rings. The van der Waals surface area contributed by atoms with E-state index in [-0.39, 0.29) is 20.8 Å². The van der Waals surface area contributed by atoms with Crippen LogP contribution in [0.25, 0.3) is 0 Å². The Morgan fingerprint density at radius 2 is 1.82 bits per heavy atom. The van der Waals surface area contributed by atoms with E-state index in [2.05, 4.69) is 10.6 Å². The smallest absolute Gasteiger partial charge is 0.252 e. The molecule has 155 valence electrons. The molecular formula is C23H34ClN2O2. The van der Waals surface area contributed by atoms with Gasteiger partial charge in [0.05, 0.1) is 10.6 Å². The molecular weight excluding hydrogens is 372 g/mol. The summed E-state index contributed by atoms with van der Waals surface area (Å²) in [6, 6.07) is 5.74. The van der Waals surface area contributed by atoms with Crippen molar-refractivity contribution in [3.05, 3.63) is 49.6 Å². The van der Waals surface area contributed by atoms with Crippen molar-refractivity contribution in [2.75, 3.05) is 19.7 Å². The van der Waals surface area contributed by atoms with Gasteiger partial charge in [0.2, 0.25) is 0 Å². The van der Waals surface area contributed by atoms with Crippen LogP contribution in [0.15, 0.2) is 18.2 Å². The zero-order valence-corrected chi connectivity index (χ0v) is 17.7. The minimum absolute atomic E-state index is 0. The predicted molar refractivity (Wildman–Crippen MR) is 117 cm³/mol. The molecule has 1 heterocycles. The fourth-order valence-electron chi connectivity index (χ4n) is 3.75. The Labute approximate surface area is 176 Å². The molecule has 3 rings (SSSR count). The Balaban J connectivity index is 0.00000196. The van der Waals surface area contributed by atoms with E-state index in [1.54, 1.807) is 12.1 Å². The molecule has 1 amide bonds. The normalized spacial score (nSPS) is 20.2. The summed E-state index contributed by atoms with van der Waals surface area (Å²) >= 11 is 6.25. The van der Waals surface area contributed by atoms with Crippen molar-refractivity contribution < 1.29 is 9.53 Å². The molecule has 1 saturated heterocycles. The lowest BCUT2D eigenvalue weighted by atomic mass is 9.91. The first-order chi connectivity index (χ1) is 12.7. The molecule has 2 fully saturated rings. The SMILES string of the molecule is O=C(NC[C]1CCCCCCC1)c1cc(OCC2CCCN2)ccc1Cl.[CH2].[CH2]. The lowest BCUT2D eigenvalue weighted by Gasteiger charge is -2.19. The van der Waals surface area contributed by atoms with Gasteiger partial charge >= 0.3 is 0 Å². The molecule has 4 nitrogen and oxygen atoms in total. The molecule has 1 aromatic carbocycles. The predicted octanol–water partition coefficient (Wildman–Crippen LogP) is 5.17. The highest BCUT2D eigenvalue weighted by Crippen LogP contribution is 2.25. The highest BCUT2D eigenvalue weighted by Gasteiger charge is 2.18. The average molecular weight is 406 g/mol. The number of carbonyl (C=O) groups excluding carboxylic acids is 1. The van der Waals surface area contributed by atoms with Crippen molar-refractivity contribution in [1.82, 2.24) is 10.6 Å². The van der Waals surface area contributed by atoms with Crippen molar-refractivity contribution in [2.45, 2.75) is 63.8 Å². The number of halogens is 1. The lowest BCUT2D eigenvalue weighted by molar-refractivity contribution is 0.0953. The first-order valence-electron chi connectivity index (χ1n) is 10.00. The van der Waals surface area contributed by atoms with Gasteiger partial charge in [0, 0.05) is 12.6 Å². The number of ether oxygens (including phenoxy) is 1. The number of hydrogen-bond donors (Lipinski definition) is 2. The lowest BCUT2D eigenvalue weighted by Crippen LogP contribution is -2.29. The summed E-state index contributed by atoms with van der Waals surface area (Å²) in [4.78, 5) is 12.6. The maximum Gasteiger partial charge on any atom is 0.252 e. The van der Waals surface area contributed by atoms with E-state index < -0.39 is 0 Å². The van der Waals surface area contributed by atoms with Gasteiger partial charge in [-0.1, -0.05) is 58.6 Å². The summed E-state index contributed by atoms with van der Waals surface area (Å²) in [5.74, 6) is 2.04. The second-order valence-corrected chi connectivity index (χ2v) is 7.85. The Kier molecular flexibility index (Phi) is 11.6. The number of benzene rings is 1. The minimum Gasteiger partial charge on any atom is -0.492 e. The second kappa shape index (κ2) is 13.1. The topological polar surface area (TPSA) is 50.4 Å². The second-order valence-electron chi connectivity index (χ2n) is 7.45.